The summed E-state index contributed by atoms with van der Waals surface area (Å²) in [5.41, 5.74) is 2.16. The van der Waals surface area contributed by atoms with Crippen molar-refractivity contribution in [3.8, 4) is 28.5 Å². The van der Waals surface area contributed by atoms with Gasteiger partial charge in [-0.1, -0.05) is 72.8 Å². The third-order valence-electron chi connectivity index (χ3n) is 4.46. The van der Waals surface area contributed by atoms with Crippen LogP contribution in [-0.4, -0.2) is 5.91 Å². The van der Waals surface area contributed by atoms with Crippen molar-refractivity contribution in [2.45, 2.75) is 0 Å². The standard InChI is InChI=1S/C24H15FN2O2/c25-20-14-8-7-13-18(20)23(28)27-24-19(15-26)21(16-9-3-1-4-10-16)22(29-24)17-11-5-2-6-12-17/h1-14H,(H,27,28). The van der Waals surface area contributed by atoms with Crippen molar-refractivity contribution in [3.05, 3.63) is 102 Å². The third kappa shape index (κ3) is 3.52. The van der Waals surface area contributed by atoms with Gasteiger partial charge in [-0.3, -0.25) is 10.1 Å². The summed E-state index contributed by atoms with van der Waals surface area (Å²) in [4.78, 5) is 12.6. The van der Waals surface area contributed by atoms with Crippen molar-refractivity contribution in [2.75, 3.05) is 5.32 Å². The van der Waals surface area contributed by atoms with Crippen molar-refractivity contribution in [1.82, 2.24) is 0 Å². The molecule has 0 unspecified atom stereocenters. The molecule has 4 rings (SSSR count). The highest BCUT2D eigenvalue weighted by molar-refractivity contribution is 6.05. The van der Waals surface area contributed by atoms with Gasteiger partial charge < -0.3 is 4.42 Å². The van der Waals surface area contributed by atoms with Gasteiger partial charge >= 0.3 is 0 Å². The smallest absolute Gasteiger partial charge is 0.260 e. The molecule has 4 nitrogen and oxygen atoms in total. The summed E-state index contributed by atoms with van der Waals surface area (Å²) in [6.45, 7) is 0. The molecule has 3 aromatic carbocycles. The molecule has 0 spiro atoms. The van der Waals surface area contributed by atoms with Crippen LogP contribution in [0.5, 0.6) is 0 Å². The Morgan fingerprint density at radius 1 is 0.862 bits per heavy atom. The lowest BCUT2D eigenvalue weighted by Gasteiger charge is -2.03. The zero-order valence-corrected chi connectivity index (χ0v) is 15.2. The second-order valence-corrected chi connectivity index (χ2v) is 6.29. The number of carbonyl (C=O) groups excluding carboxylic acids is 1. The fourth-order valence-electron chi connectivity index (χ4n) is 3.11. The molecule has 0 atom stereocenters. The maximum atomic E-state index is 14.0. The van der Waals surface area contributed by atoms with E-state index in [2.05, 4.69) is 11.4 Å². The van der Waals surface area contributed by atoms with Gasteiger partial charge in [0.1, 0.15) is 23.2 Å². The summed E-state index contributed by atoms with van der Waals surface area (Å²) in [6, 6.07) is 26.4. The second-order valence-electron chi connectivity index (χ2n) is 6.29. The number of carbonyl (C=O) groups is 1. The van der Waals surface area contributed by atoms with Crippen molar-refractivity contribution in [3.63, 3.8) is 0 Å². The Kier molecular flexibility index (Phi) is 4.91. The Labute approximate surface area is 166 Å². The number of nitrogens with one attached hydrogen (secondary N) is 1. The molecule has 1 amide bonds. The highest BCUT2D eigenvalue weighted by Crippen LogP contribution is 2.41. The molecule has 0 saturated heterocycles. The number of amides is 1. The molecule has 0 fully saturated rings. The van der Waals surface area contributed by atoms with Gasteiger partial charge in [-0.05, 0) is 17.7 Å². The SMILES string of the molecule is N#Cc1c(NC(=O)c2ccccc2F)oc(-c2ccccc2)c1-c1ccccc1. The zero-order chi connectivity index (χ0) is 20.2. The predicted molar refractivity (Wildman–Crippen MR) is 109 cm³/mol. The number of nitriles is 1. The van der Waals surface area contributed by atoms with Crippen LogP contribution in [0, 0.1) is 17.1 Å². The first-order valence-electron chi connectivity index (χ1n) is 8.92. The largest absolute Gasteiger partial charge is 0.438 e. The van der Waals surface area contributed by atoms with E-state index in [-0.39, 0.29) is 17.0 Å². The molecule has 29 heavy (non-hydrogen) atoms. The number of benzene rings is 3. The first-order chi connectivity index (χ1) is 14.2. The molecule has 0 bridgehead atoms. The summed E-state index contributed by atoms with van der Waals surface area (Å²) in [7, 11) is 0. The summed E-state index contributed by atoms with van der Waals surface area (Å²) >= 11 is 0. The van der Waals surface area contributed by atoms with E-state index in [9.17, 15) is 14.4 Å². The zero-order valence-electron chi connectivity index (χ0n) is 15.2. The van der Waals surface area contributed by atoms with Crippen LogP contribution in [0.1, 0.15) is 15.9 Å². The van der Waals surface area contributed by atoms with E-state index in [1.165, 1.54) is 18.2 Å². The summed E-state index contributed by atoms with van der Waals surface area (Å²) in [5, 5.41) is 12.4. The van der Waals surface area contributed by atoms with Crippen LogP contribution >= 0.6 is 0 Å². The lowest BCUT2D eigenvalue weighted by Crippen LogP contribution is -2.13. The van der Waals surface area contributed by atoms with E-state index < -0.39 is 11.7 Å². The minimum absolute atomic E-state index is 0.0153. The molecular weight excluding hydrogens is 367 g/mol. The first kappa shape index (κ1) is 18.2. The Bertz CT molecular complexity index is 1210. The van der Waals surface area contributed by atoms with Crippen LogP contribution < -0.4 is 5.32 Å². The van der Waals surface area contributed by atoms with Crippen LogP contribution in [0.2, 0.25) is 0 Å². The van der Waals surface area contributed by atoms with Gasteiger partial charge in [-0.25, -0.2) is 4.39 Å². The van der Waals surface area contributed by atoms with Crippen LogP contribution in [0.25, 0.3) is 22.5 Å². The maximum absolute atomic E-state index is 14.0. The van der Waals surface area contributed by atoms with Gasteiger partial charge in [0, 0.05) is 11.1 Å². The Morgan fingerprint density at radius 3 is 2.07 bits per heavy atom. The van der Waals surface area contributed by atoms with Crippen molar-refractivity contribution >= 4 is 11.8 Å². The fourth-order valence-corrected chi connectivity index (χ4v) is 3.11. The van der Waals surface area contributed by atoms with Crippen molar-refractivity contribution in [1.29, 1.82) is 5.26 Å². The molecule has 0 aliphatic heterocycles. The summed E-state index contributed by atoms with van der Waals surface area (Å²) in [5.74, 6) is -0.898. The predicted octanol–water partition coefficient (Wildman–Crippen LogP) is 5.88. The quantitative estimate of drug-likeness (QED) is 0.479. The van der Waals surface area contributed by atoms with Gasteiger partial charge in [-0.2, -0.15) is 5.26 Å². The molecule has 0 radical (unpaired) electrons. The van der Waals surface area contributed by atoms with E-state index in [4.69, 9.17) is 4.42 Å². The van der Waals surface area contributed by atoms with Crippen LogP contribution in [0.3, 0.4) is 0 Å². The van der Waals surface area contributed by atoms with Crippen LogP contribution in [0.15, 0.2) is 89.3 Å². The monoisotopic (exact) mass is 382 g/mol. The Hall–Kier alpha value is -4.17. The van der Waals surface area contributed by atoms with Crippen molar-refractivity contribution in [2.24, 2.45) is 0 Å². The molecule has 0 aliphatic rings. The molecule has 0 saturated carbocycles. The first-order valence-corrected chi connectivity index (χ1v) is 8.92. The normalized spacial score (nSPS) is 10.3. The molecule has 1 N–H and O–H groups in total. The van der Waals surface area contributed by atoms with Gasteiger partial charge in [0.2, 0.25) is 5.88 Å². The van der Waals surface area contributed by atoms with Gasteiger partial charge in [0.15, 0.2) is 0 Å². The molecular formula is C24H15FN2O2. The lowest BCUT2D eigenvalue weighted by molar-refractivity contribution is 0.102. The summed E-state index contributed by atoms with van der Waals surface area (Å²) in [6.07, 6.45) is 0. The van der Waals surface area contributed by atoms with E-state index in [1.807, 2.05) is 60.7 Å². The molecule has 1 heterocycles. The molecule has 4 aromatic rings. The lowest BCUT2D eigenvalue weighted by atomic mass is 9.98. The second kappa shape index (κ2) is 7.83. The Balaban J connectivity index is 1.86. The van der Waals surface area contributed by atoms with Gasteiger partial charge in [-0.15, -0.1) is 0 Å². The molecule has 0 aliphatic carbocycles. The summed E-state index contributed by atoms with van der Waals surface area (Å²) < 4.78 is 19.9. The number of anilines is 1. The minimum atomic E-state index is -0.687. The van der Waals surface area contributed by atoms with E-state index in [0.29, 0.717) is 11.3 Å². The number of rotatable bonds is 4. The average Bonchev–Trinajstić information content (AvgIpc) is 3.13. The number of hydrogen-bond donors (Lipinski definition) is 1. The molecule has 5 heteroatoms. The highest BCUT2D eigenvalue weighted by atomic mass is 19.1. The number of nitrogens with zero attached hydrogens (tertiary/aromatic N) is 1. The average molecular weight is 382 g/mol. The van der Waals surface area contributed by atoms with Gasteiger partial charge in [0.05, 0.1) is 5.56 Å². The van der Waals surface area contributed by atoms with E-state index >= 15 is 0 Å². The maximum Gasteiger partial charge on any atom is 0.260 e. The number of furan rings is 1. The third-order valence-corrected chi connectivity index (χ3v) is 4.46. The van der Waals surface area contributed by atoms with Crippen molar-refractivity contribution < 1.29 is 13.6 Å². The fraction of sp³-hybridized carbons (Fsp3) is 0. The highest BCUT2D eigenvalue weighted by Gasteiger charge is 2.25. The number of halogens is 1. The van der Waals surface area contributed by atoms with Crippen LogP contribution in [-0.2, 0) is 0 Å². The topological polar surface area (TPSA) is 66.0 Å². The van der Waals surface area contributed by atoms with E-state index in [0.717, 1.165) is 11.1 Å². The Morgan fingerprint density at radius 2 is 1.45 bits per heavy atom. The minimum Gasteiger partial charge on any atom is -0.438 e. The van der Waals surface area contributed by atoms with Gasteiger partial charge in [0.25, 0.3) is 5.91 Å². The van der Waals surface area contributed by atoms with E-state index in [1.54, 1.807) is 6.07 Å². The molecule has 1 aromatic heterocycles. The van der Waals surface area contributed by atoms with Crippen LogP contribution in [0.4, 0.5) is 10.3 Å². The molecule has 140 valence electrons. The number of hydrogen-bond acceptors (Lipinski definition) is 3.